The van der Waals surface area contributed by atoms with Crippen LogP contribution in [0.1, 0.15) is 24.2 Å². The predicted molar refractivity (Wildman–Crippen MR) is 95.6 cm³/mol. The largest absolute Gasteiger partial charge is 0.378 e. The molecule has 1 aliphatic heterocycles. The van der Waals surface area contributed by atoms with Gasteiger partial charge in [0, 0.05) is 30.5 Å². The summed E-state index contributed by atoms with van der Waals surface area (Å²) in [6, 6.07) is 7.76. The topological polar surface area (TPSA) is 72.3 Å². The van der Waals surface area contributed by atoms with Gasteiger partial charge in [-0.1, -0.05) is 19.1 Å². The molecule has 1 N–H and O–H groups in total. The summed E-state index contributed by atoms with van der Waals surface area (Å²) in [4.78, 5) is 14.9. The molecule has 0 spiro atoms. The van der Waals surface area contributed by atoms with Crippen molar-refractivity contribution in [3.05, 3.63) is 42.2 Å². The third-order valence-corrected chi connectivity index (χ3v) is 4.48. The van der Waals surface area contributed by atoms with Crippen molar-refractivity contribution < 1.29 is 9.53 Å². The van der Waals surface area contributed by atoms with Gasteiger partial charge in [-0.2, -0.15) is 0 Å². The molecule has 1 fully saturated rings. The Balaban J connectivity index is 1.62. The molecule has 134 valence electrons. The Bertz CT molecular complexity index is 663. The summed E-state index contributed by atoms with van der Waals surface area (Å²) >= 11 is 0. The lowest BCUT2D eigenvalue weighted by Gasteiger charge is -2.29. The summed E-state index contributed by atoms with van der Waals surface area (Å²) in [5.74, 6) is 0.230. The van der Waals surface area contributed by atoms with Crippen LogP contribution in [0.3, 0.4) is 0 Å². The molecule has 1 saturated heterocycles. The molecule has 0 aliphatic carbocycles. The first-order valence-electron chi connectivity index (χ1n) is 8.71. The molecule has 7 heteroatoms. The van der Waals surface area contributed by atoms with E-state index in [0.717, 1.165) is 32.0 Å². The van der Waals surface area contributed by atoms with Gasteiger partial charge in [0.1, 0.15) is 0 Å². The number of nitrogens with one attached hydrogen (secondary N) is 1. The normalized spacial score (nSPS) is 16.0. The number of anilines is 1. The van der Waals surface area contributed by atoms with Gasteiger partial charge in [-0.15, -0.1) is 5.10 Å². The fourth-order valence-corrected chi connectivity index (χ4v) is 2.85. The van der Waals surface area contributed by atoms with Gasteiger partial charge in [0.05, 0.1) is 32.0 Å². The highest BCUT2D eigenvalue weighted by Gasteiger charge is 2.19. The molecule has 0 unspecified atom stereocenters. The summed E-state index contributed by atoms with van der Waals surface area (Å²) in [7, 11) is 0. The van der Waals surface area contributed by atoms with Crippen LogP contribution in [0, 0.1) is 5.92 Å². The number of carbonyl (C=O) groups excluding carboxylic acids is 1. The molecule has 25 heavy (non-hydrogen) atoms. The van der Waals surface area contributed by atoms with Gasteiger partial charge < -0.3 is 15.0 Å². The highest BCUT2D eigenvalue weighted by Crippen LogP contribution is 2.17. The molecule has 2 aromatic rings. The van der Waals surface area contributed by atoms with Gasteiger partial charge in [-0.3, -0.25) is 9.48 Å². The van der Waals surface area contributed by atoms with E-state index in [9.17, 15) is 4.79 Å². The van der Waals surface area contributed by atoms with Crippen LogP contribution in [0.4, 0.5) is 5.69 Å². The Morgan fingerprint density at radius 2 is 1.96 bits per heavy atom. The molecule has 0 saturated carbocycles. The Hall–Kier alpha value is -2.41. The summed E-state index contributed by atoms with van der Waals surface area (Å²) in [5.41, 5.74) is 1.80. The van der Waals surface area contributed by atoms with Gasteiger partial charge in [-0.25, -0.2) is 0 Å². The second-order valence-corrected chi connectivity index (χ2v) is 6.60. The smallest absolute Gasteiger partial charge is 0.251 e. The molecule has 1 aromatic carbocycles. The zero-order chi connectivity index (χ0) is 17.6. The van der Waals surface area contributed by atoms with Gasteiger partial charge in [0.25, 0.3) is 5.91 Å². The van der Waals surface area contributed by atoms with Crippen molar-refractivity contribution in [2.45, 2.75) is 26.4 Å². The second kappa shape index (κ2) is 8.11. The van der Waals surface area contributed by atoms with Crippen molar-refractivity contribution in [3.63, 3.8) is 0 Å². The Labute approximate surface area is 148 Å². The number of rotatable bonds is 6. The Morgan fingerprint density at radius 1 is 1.24 bits per heavy atom. The molecule has 0 bridgehead atoms. The number of benzene rings is 1. The maximum atomic E-state index is 12.6. The number of amides is 1. The maximum Gasteiger partial charge on any atom is 0.251 e. The average molecular weight is 343 g/mol. The van der Waals surface area contributed by atoms with Crippen LogP contribution >= 0.6 is 0 Å². The van der Waals surface area contributed by atoms with Gasteiger partial charge in [0.2, 0.25) is 0 Å². The van der Waals surface area contributed by atoms with Crippen molar-refractivity contribution in [2.24, 2.45) is 5.92 Å². The maximum absolute atomic E-state index is 12.6. The van der Waals surface area contributed by atoms with Crippen LogP contribution in [0.25, 0.3) is 0 Å². The lowest BCUT2D eigenvalue weighted by molar-refractivity contribution is 0.0919. The van der Waals surface area contributed by atoms with Crippen molar-refractivity contribution in [3.8, 4) is 0 Å². The fraction of sp³-hybridized carbons (Fsp3) is 0.500. The van der Waals surface area contributed by atoms with Crippen molar-refractivity contribution in [1.82, 2.24) is 20.3 Å². The van der Waals surface area contributed by atoms with Crippen LogP contribution in [0.2, 0.25) is 0 Å². The summed E-state index contributed by atoms with van der Waals surface area (Å²) in [5, 5.41) is 10.9. The third-order valence-electron chi connectivity index (χ3n) is 4.48. The van der Waals surface area contributed by atoms with Crippen LogP contribution in [0.5, 0.6) is 0 Å². The molecule has 1 aliphatic rings. The van der Waals surface area contributed by atoms with Gasteiger partial charge >= 0.3 is 0 Å². The number of carbonyl (C=O) groups is 1. The van der Waals surface area contributed by atoms with Crippen LogP contribution < -0.4 is 10.2 Å². The fourth-order valence-electron chi connectivity index (χ4n) is 2.85. The minimum atomic E-state index is -0.0626. The molecule has 3 rings (SSSR count). The molecule has 7 nitrogen and oxygen atoms in total. The highest BCUT2D eigenvalue weighted by molar-refractivity contribution is 5.94. The molecule has 1 atom stereocenters. The Kier molecular flexibility index (Phi) is 5.65. The molecule has 2 heterocycles. The van der Waals surface area contributed by atoms with Crippen LogP contribution in [0.15, 0.2) is 36.7 Å². The second-order valence-electron chi connectivity index (χ2n) is 6.60. The van der Waals surface area contributed by atoms with Crippen LogP contribution in [-0.4, -0.2) is 53.2 Å². The first kappa shape index (κ1) is 17.4. The van der Waals surface area contributed by atoms with E-state index in [1.807, 2.05) is 24.3 Å². The quantitative estimate of drug-likeness (QED) is 0.862. The first-order chi connectivity index (χ1) is 12.1. The number of hydrogen-bond acceptors (Lipinski definition) is 5. The van der Waals surface area contributed by atoms with Crippen molar-refractivity contribution in [1.29, 1.82) is 0 Å². The average Bonchev–Trinajstić information content (AvgIpc) is 3.15. The van der Waals surface area contributed by atoms with Gasteiger partial charge in [-0.05, 0) is 30.2 Å². The predicted octanol–water partition coefficient (Wildman–Crippen LogP) is 1.57. The van der Waals surface area contributed by atoms with E-state index in [1.54, 1.807) is 17.1 Å². The molecule has 0 radical (unpaired) electrons. The number of ether oxygens (including phenoxy) is 1. The summed E-state index contributed by atoms with van der Waals surface area (Å²) < 4.78 is 7.12. The van der Waals surface area contributed by atoms with E-state index < -0.39 is 0 Å². The standard InChI is InChI=1S/C18H25N5O2/c1-14(2)17(13-23-8-7-19-21-23)20-18(24)15-3-5-16(6-4-15)22-9-11-25-12-10-22/h3-8,14,17H,9-13H2,1-2H3,(H,20,24)/t17-/m0/s1. The van der Waals surface area contributed by atoms with E-state index in [4.69, 9.17) is 4.74 Å². The van der Waals surface area contributed by atoms with E-state index in [0.29, 0.717) is 18.0 Å². The minimum Gasteiger partial charge on any atom is -0.378 e. The van der Waals surface area contributed by atoms with E-state index >= 15 is 0 Å². The highest BCUT2D eigenvalue weighted by atomic mass is 16.5. The summed E-state index contributed by atoms with van der Waals surface area (Å²) in [6.45, 7) is 8.06. The number of aromatic nitrogens is 3. The van der Waals surface area contributed by atoms with E-state index in [2.05, 4.69) is 34.4 Å². The number of nitrogens with zero attached hydrogens (tertiary/aromatic N) is 4. The van der Waals surface area contributed by atoms with Crippen molar-refractivity contribution in [2.75, 3.05) is 31.2 Å². The van der Waals surface area contributed by atoms with Gasteiger partial charge in [0.15, 0.2) is 0 Å². The monoisotopic (exact) mass is 343 g/mol. The molecule has 1 amide bonds. The lowest BCUT2D eigenvalue weighted by atomic mass is 10.0. The third kappa shape index (κ3) is 4.57. The van der Waals surface area contributed by atoms with Crippen molar-refractivity contribution >= 4 is 11.6 Å². The summed E-state index contributed by atoms with van der Waals surface area (Å²) in [6.07, 6.45) is 3.45. The molecular formula is C18H25N5O2. The van der Waals surface area contributed by atoms with Crippen LogP contribution in [-0.2, 0) is 11.3 Å². The number of hydrogen-bond donors (Lipinski definition) is 1. The zero-order valence-corrected chi connectivity index (χ0v) is 14.8. The Morgan fingerprint density at radius 3 is 2.56 bits per heavy atom. The molecular weight excluding hydrogens is 318 g/mol. The first-order valence-corrected chi connectivity index (χ1v) is 8.71. The SMILES string of the molecule is CC(C)[C@H](Cn1ccnn1)NC(=O)c1ccc(N2CCOCC2)cc1. The minimum absolute atomic E-state index is 0.00637. The van der Waals surface area contributed by atoms with E-state index in [1.165, 1.54) is 0 Å². The number of morpholine rings is 1. The molecule has 1 aromatic heterocycles. The van der Waals surface area contributed by atoms with E-state index in [-0.39, 0.29) is 11.9 Å². The zero-order valence-electron chi connectivity index (χ0n) is 14.8. The lowest BCUT2D eigenvalue weighted by Crippen LogP contribution is -2.41.